The van der Waals surface area contributed by atoms with Crippen LogP contribution in [0.25, 0.3) is 10.9 Å². The van der Waals surface area contributed by atoms with E-state index in [1.54, 1.807) is 5.56 Å². The summed E-state index contributed by atoms with van der Waals surface area (Å²) in [5.74, 6) is 0. The van der Waals surface area contributed by atoms with Crippen LogP contribution in [0.3, 0.4) is 0 Å². The molecule has 2 heteroatoms. The van der Waals surface area contributed by atoms with Gasteiger partial charge in [-0.3, -0.25) is 0 Å². The van der Waals surface area contributed by atoms with E-state index in [2.05, 4.69) is 39.1 Å². The molecule has 1 fully saturated rings. The van der Waals surface area contributed by atoms with Gasteiger partial charge in [-0.1, -0.05) is 15.9 Å². The van der Waals surface area contributed by atoms with Crippen molar-refractivity contribution in [2.75, 3.05) is 0 Å². The third kappa shape index (κ3) is 1.22. The number of aromatic nitrogens is 1. The van der Waals surface area contributed by atoms with Gasteiger partial charge < -0.3 is 4.98 Å². The van der Waals surface area contributed by atoms with Gasteiger partial charge in [0.05, 0.1) is 0 Å². The molecular formula is C14H14BrN. The van der Waals surface area contributed by atoms with Crippen LogP contribution in [-0.4, -0.2) is 4.98 Å². The van der Waals surface area contributed by atoms with Crippen molar-refractivity contribution < 1.29 is 0 Å². The number of halogens is 1. The fourth-order valence-electron chi connectivity index (χ4n) is 3.15. The lowest BCUT2D eigenvalue weighted by molar-refractivity contribution is 0.437. The minimum Gasteiger partial charge on any atom is -0.358 e. The molecule has 0 radical (unpaired) electrons. The Balaban J connectivity index is 1.96. The lowest BCUT2D eigenvalue weighted by atomic mass is 9.84. The molecule has 1 spiro atoms. The molecule has 1 nitrogen and oxygen atoms in total. The first-order chi connectivity index (χ1) is 7.76. The molecule has 82 valence electrons. The number of benzene rings is 1. The van der Waals surface area contributed by atoms with Crippen LogP contribution in [0.5, 0.6) is 0 Å². The maximum absolute atomic E-state index is 3.59. The molecule has 2 aliphatic rings. The Kier molecular flexibility index (Phi) is 1.69. The van der Waals surface area contributed by atoms with E-state index in [9.17, 15) is 0 Å². The Morgan fingerprint density at radius 3 is 2.88 bits per heavy atom. The van der Waals surface area contributed by atoms with Crippen molar-refractivity contribution in [1.29, 1.82) is 0 Å². The molecule has 0 aliphatic heterocycles. The number of hydrogen-bond acceptors (Lipinski definition) is 0. The molecule has 0 bridgehead atoms. The monoisotopic (exact) mass is 275 g/mol. The van der Waals surface area contributed by atoms with E-state index in [1.807, 2.05) is 0 Å². The summed E-state index contributed by atoms with van der Waals surface area (Å²) in [5, 5.41) is 1.44. The van der Waals surface area contributed by atoms with Crippen LogP contribution >= 0.6 is 15.9 Å². The predicted molar refractivity (Wildman–Crippen MR) is 69.7 cm³/mol. The SMILES string of the molecule is Brc1ccc2[nH]c3c(c2c1)CC1(CC3)CC1. The fraction of sp³-hybridized carbons (Fsp3) is 0.429. The second kappa shape index (κ2) is 2.92. The highest BCUT2D eigenvalue weighted by molar-refractivity contribution is 9.10. The highest BCUT2D eigenvalue weighted by Gasteiger charge is 2.45. The molecule has 16 heavy (non-hydrogen) atoms. The summed E-state index contributed by atoms with van der Waals surface area (Å²) in [5.41, 5.74) is 5.10. The molecular weight excluding hydrogens is 262 g/mol. The normalized spacial score (nSPS) is 21.3. The van der Waals surface area contributed by atoms with Crippen molar-refractivity contribution in [3.05, 3.63) is 33.9 Å². The molecule has 0 atom stereocenters. The molecule has 1 saturated carbocycles. The minimum atomic E-state index is 0.699. The van der Waals surface area contributed by atoms with Crippen molar-refractivity contribution >= 4 is 26.8 Å². The Hall–Kier alpha value is -0.760. The summed E-state index contributed by atoms with van der Waals surface area (Å²) in [6, 6.07) is 6.58. The van der Waals surface area contributed by atoms with Crippen molar-refractivity contribution in [2.24, 2.45) is 5.41 Å². The molecule has 1 N–H and O–H groups in total. The average molecular weight is 276 g/mol. The number of aryl methyl sites for hydroxylation is 1. The number of aromatic amines is 1. The first kappa shape index (κ1) is 9.29. The minimum absolute atomic E-state index is 0.699. The number of H-pyrrole nitrogens is 1. The van der Waals surface area contributed by atoms with Crippen molar-refractivity contribution in [1.82, 2.24) is 4.98 Å². The van der Waals surface area contributed by atoms with Gasteiger partial charge in [0.1, 0.15) is 0 Å². The Labute approximate surface area is 103 Å². The summed E-state index contributed by atoms with van der Waals surface area (Å²) in [6.45, 7) is 0. The molecule has 0 unspecified atom stereocenters. The molecule has 0 amide bonds. The zero-order chi connectivity index (χ0) is 10.8. The number of rotatable bonds is 0. The molecule has 1 heterocycles. The standard InChI is InChI=1S/C14H14BrN/c15-9-1-2-12-10(7-9)11-8-14(5-6-14)4-3-13(11)16-12/h1-2,7,16H,3-6,8H2. The van der Waals surface area contributed by atoms with Crippen LogP contribution < -0.4 is 0 Å². The van der Waals surface area contributed by atoms with Gasteiger partial charge in [-0.05, 0) is 61.3 Å². The molecule has 0 saturated heterocycles. The summed E-state index contributed by atoms with van der Waals surface area (Å²) in [6.07, 6.45) is 6.86. The molecule has 2 aromatic rings. The Bertz CT molecular complexity index is 578. The molecule has 1 aromatic carbocycles. The molecule has 1 aromatic heterocycles. The van der Waals surface area contributed by atoms with Gasteiger partial charge in [0.25, 0.3) is 0 Å². The zero-order valence-electron chi connectivity index (χ0n) is 9.15. The van der Waals surface area contributed by atoms with Gasteiger partial charge in [0.2, 0.25) is 0 Å². The van der Waals surface area contributed by atoms with E-state index in [-0.39, 0.29) is 0 Å². The predicted octanol–water partition coefficient (Wildman–Crippen LogP) is 4.20. The van der Waals surface area contributed by atoms with E-state index in [0.29, 0.717) is 5.41 Å². The van der Waals surface area contributed by atoms with Crippen molar-refractivity contribution in [3.8, 4) is 0 Å². The summed E-state index contributed by atoms with van der Waals surface area (Å²) in [4.78, 5) is 3.59. The van der Waals surface area contributed by atoms with Crippen LogP contribution in [0, 0.1) is 5.41 Å². The van der Waals surface area contributed by atoms with E-state index in [1.165, 1.54) is 53.2 Å². The van der Waals surface area contributed by atoms with Crippen LogP contribution in [-0.2, 0) is 12.8 Å². The van der Waals surface area contributed by atoms with Crippen LogP contribution in [0.1, 0.15) is 30.5 Å². The van der Waals surface area contributed by atoms with Gasteiger partial charge in [0, 0.05) is 21.1 Å². The maximum atomic E-state index is 3.59. The number of hydrogen-bond donors (Lipinski definition) is 1. The highest BCUT2D eigenvalue weighted by Crippen LogP contribution is 2.55. The average Bonchev–Trinajstić information content (AvgIpc) is 2.93. The first-order valence-corrected chi connectivity index (χ1v) is 6.84. The summed E-state index contributed by atoms with van der Waals surface area (Å²) < 4.78 is 1.19. The van der Waals surface area contributed by atoms with Gasteiger partial charge in [-0.15, -0.1) is 0 Å². The maximum Gasteiger partial charge on any atom is 0.0459 e. The lowest BCUT2D eigenvalue weighted by Crippen LogP contribution is -2.14. The second-order valence-electron chi connectivity index (χ2n) is 5.45. The highest BCUT2D eigenvalue weighted by atomic mass is 79.9. The van der Waals surface area contributed by atoms with Crippen molar-refractivity contribution in [3.63, 3.8) is 0 Å². The third-order valence-corrected chi connectivity index (χ3v) is 4.86. The van der Waals surface area contributed by atoms with E-state index >= 15 is 0 Å². The van der Waals surface area contributed by atoms with Crippen LogP contribution in [0.15, 0.2) is 22.7 Å². The Morgan fingerprint density at radius 2 is 2.06 bits per heavy atom. The van der Waals surface area contributed by atoms with E-state index in [0.717, 1.165) is 0 Å². The number of nitrogens with one attached hydrogen (secondary N) is 1. The largest absolute Gasteiger partial charge is 0.358 e. The van der Waals surface area contributed by atoms with Crippen LogP contribution in [0.2, 0.25) is 0 Å². The smallest absolute Gasteiger partial charge is 0.0459 e. The third-order valence-electron chi connectivity index (χ3n) is 4.37. The topological polar surface area (TPSA) is 15.8 Å². The number of fused-ring (bicyclic) bond motifs is 3. The van der Waals surface area contributed by atoms with Gasteiger partial charge in [-0.25, -0.2) is 0 Å². The van der Waals surface area contributed by atoms with Gasteiger partial charge in [-0.2, -0.15) is 0 Å². The van der Waals surface area contributed by atoms with Gasteiger partial charge >= 0.3 is 0 Å². The Morgan fingerprint density at radius 1 is 1.19 bits per heavy atom. The van der Waals surface area contributed by atoms with Crippen LogP contribution in [0.4, 0.5) is 0 Å². The lowest BCUT2D eigenvalue weighted by Gasteiger charge is -2.21. The first-order valence-electron chi connectivity index (χ1n) is 6.05. The van der Waals surface area contributed by atoms with E-state index in [4.69, 9.17) is 0 Å². The quantitative estimate of drug-likeness (QED) is 0.742. The van der Waals surface area contributed by atoms with E-state index < -0.39 is 0 Å². The van der Waals surface area contributed by atoms with Crippen molar-refractivity contribution in [2.45, 2.75) is 32.1 Å². The molecule has 2 aliphatic carbocycles. The van der Waals surface area contributed by atoms with Gasteiger partial charge in [0.15, 0.2) is 0 Å². The molecule has 4 rings (SSSR count). The summed E-state index contributed by atoms with van der Waals surface area (Å²) >= 11 is 3.58. The fourth-order valence-corrected chi connectivity index (χ4v) is 3.51. The summed E-state index contributed by atoms with van der Waals surface area (Å²) in [7, 11) is 0. The second-order valence-corrected chi connectivity index (χ2v) is 6.36. The zero-order valence-corrected chi connectivity index (χ0v) is 10.7.